The number of amides is 1. The van der Waals surface area contributed by atoms with Gasteiger partial charge in [0.25, 0.3) is 5.91 Å². The maximum atomic E-state index is 13.6. The van der Waals surface area contributed by atoms with E-state index in [9.17, 15) is 14.0 Å². The molecule has 4 nitrogen and oxygen atoms in total. The third-order valence-electron chi connectivity index (χ3n) is 3.13. The molecule has 2 rings (SSSR count). The minimum Gasteiger partial charge on any atom is -0.455 e. The fourth-order valence-electron chi connectivity index (χ4n) is 1.94. The lowest BCUT2D eigenvalue weighted by molar-refractivity contribution is -0.147. The number of carbonyl (C=O) groups is 2. The monoisotopic (exact) mass is 369 g/mol. The van der Waals surface area contributed by atoms with E-state index in [2.05, 4.69) is 5.32 Å². The summed E-state index contributed by atoms with van der Waals surface area (Å²) in [7, 11) is 0. The maximum Gasteiger partial charge on any atom is 0.310 e. The SMILES string of the molecule is O=C(COC(=O)Cc1c(F)cccc1Cl)NCc1cccc(Cl)c1. The number of nitrogens with one attached hydrogen (secondary N) is 1. The van der Waals surface area contributed by atoms with Crippen molar-refractivity contribution in [3.63, 3.8) is 0 Å². The van der Waals surface area contributed by atoms with Gasteiger partial charge in [0.2, 0.25) is 0 Å². The van der Waals surface area contributed by atoms with Gasteiger partial charge in [0, 0.05) is 22.2 Å². The van der Waals surface area contributed by atoms with Gasteiger partial charge in [-0.25, -0.2) is 4.39 Å². The highest BCUT2D eigenvalue weighted by Gasteiger charge is 2.14. The number of ether oxygens (including phenoxy) is 1. The van der Waals surface area contributed by atoms with Gasteiger partial charge in [0.05, 0.1) is 6.42 Å². The van der Waals surface area contributed by atoms with E-state index in [1.54, 1.807) is 24.3 Å². The van der Waals surface area contributed by atoms with Crippen LogP contribution in [0.2, 0.25) is 10.0 Å². The van der Waals surface area contributed by atoms with Gasteiger partial charge in [-0.3, -0.25) is 9.59 Å². The fourth-order valence-corrected chi connectivity index (χ4v) is 2.38. The molecule has 0 aliphatic rings. The van der Waals surface area contributed by atoms with Gasteiger partial charge in [-0.1, -0.05) is 41.4 Å². The first-order valence-corrected chi connectivity index (χ1v) is 7.81. The van der Waals surface area contributed by atoms with E-state index in [-0.39, 0.29) is 23.6 Å². The van der Waals surface area contributed by atoms with Crippen molar-refractivity contribution in [3.05, 3.63) is 69.5 Å². The summed E-state index contributed by atoms with van der Waals surface area (Å²) < 4.78 is 18.4. The van der Waals surface area contributed by atoms with Crippen LogP contribution in [-0.4, -0.2) is 18.5 Å². The summed E-state index contributed by atoms with van der Waals surface area (Å²) in [5, 5.41) is 3.29. The second-order valence-electron chi connectivity index (χ2n) is 4.94. The van der Waals surface area contributed by atoms with Crippen molar-refractivity contribution < 1.29 is 18.7 Å². The fraction of sp³-hybridized carbons (Fsp3) is 0.176. The standard InChI is InChI=1S/C17H14Cl2FNO3/c18-12-4-1-3-11(7-12)9-21-16(22)10-24-17(23)8-13-14(19)5-2-6-15(13)20/h1-7H,8-10H2,(H,21,22). The number of halogens is 3. The third kappa shape index (κ3) is 5.51. The van der Waals surface area contributed by atoms with Gasteiger partial charge in [0.15, 0.2) is 6.61 Å². The summed E-state index contributed by atoms with van der Waals surface area (Å²) in [5.74, 6) is -1.80. The van der Waals surface area contributed by atoms with E-state index in [1.807, 2.05) is 0 Å². The summed E-state index contributed by atoms with van der Waals surface area (Å²) in [4.78, 5) is 23.4. The van der Waals surface area contributed by atoms with E-state index >= 15 is 0 Å². The number of hydrogen-bond donors (Lipinski definition) is 1. The number of carbonyl (C=O) groups excluding carboxylic acids is 2. The summed E-state index contributed by atoms with van der Waals surface area (Å²) in [6, 6.07) is 11.1. The van der Waals surface area contributed by atoms with Gasteiger partial charge in [0.1, 0.15) is 5.82 Å². The molecule has 0 radical (unpaired) electrons. The molecule has 0 saturated carbocycles. The van der Waals surface area contributed by atoms with Crippen LogP contribution in [0.15, 0.2) is 42.5 Å². The van der Waals surface area contributed by atoms with E-state index in [0.717, 1.165) is 5.56 Å². The molecular weight excluding hydrogens is 356 g/mol. The van der Waals surface area contributed by atoms with Crippen LogP contribution in [0.25, 0.3) is 0 Å². The Hall–Kier alpha value is -2.11. The first-order chi connectivity index (χ1) is 11.5. The Balaban J connectivity index is 1.78. The van der Waals surface area contributed by atoms with Crippen LogP contribution >= 0.6 is 23.2 Å². The van der Waals surface area contributed by atoms with Crippen LogP contribution in [0.4, 0.5) is 4.39 Å². The normalized spacial score (nSPS) is 10.3. The summed E-state index contributed by atoms with van der Waals surface area (Å²) in [6.45, 7) is -0.193. The second kappa shape index (κ2) is 8.66. The van der Waals surface area contributed by atoms with E-state index in [1.165, 1.54) is 18.2 Å². The van der Waals surface area contributed by atoms with Gasteiger partial charge in [-0.2, -0.15) is 0 Å². The quantitative estimate of drug-likeness (QED) is 0.792. The third-order valence-corrected chi connectivity index (χ3v) is 3.71. The highest BCUT2D eigenvalue weighted by Crippen LogP contribution is 2.19. The number of esters is 1. The molecule has 0 fully saturated rings. The number of rotatable bonds is 6. The van der Waals surface area contributed by atoms with Crippen molar-refractivity contribution in [2.75, 3.05) is 6.61 Å². The molecule has 0 heterocycles. The molecule has 0 aliphatic heterocycles. The zero-order chi connectivity index (χ0) is 17.5. The molecule has 2 aromatic rings. The van der Waals surface area contributed by atoms with Crippen molar-refractivity contribution >= 4 is 35.1 Å². The topological polar surface area (TPSA) is 55.4 Å². The van der Waals surface area contributed by atoms with Crippen LogP contribution in [0.3, 0.4) is 0 Å². The molecule has 1 N–H and O–H groups in total. The van der Waals surface area contributed by atoms with Crippen LogP contribution in [0.1, 0.15) is 11.1 Å². The van der Waals surface area contributed by atoms with Crippen molar-refractivity contribution in [1.82, 2.24) is 5.32 Å². The van der Waals surface area contributed by atoms with Crippen molar-refractivity contribution in [3.8, 4) is 0 Å². The minimum atomic E-state index is -0.736. The molecule has 0 spiro atoms. The van der Waals surface area contributed by atoms with Crippen LogP contribution < -0.4 is 5.32 Å². The Labute approximate surface area is 148 Å². The first-order valence-electron chi connectivity index (χ1n) is 7.05. The van der Waals surface area contributed by atoms with Crippen molar-refractivity contribution in [2.45, 2.75) is 13.0 Å². The zero-order valence-corrected chi connectivity index (χ0v) is 14.0. The average molecular weight is 370 g/mol. The lowest BCUT2D eigenvalue weighted by Gasteiger charge is -2.08. The Bertz CT molecular complexity index is 732. The highest BCUT2D eigenvalue weighted by atomic mass is 35.5. The van der Waals surface area contributed by atoms with Crippen LogP contribution in [-0.2, 0) is 27.3 Å². The van der Waals surface area contributed by atoms with Crippen molar-refractivity contribution in [1.29, 1.82) is 0 Å². The second-order valence-corrected chi connectivity index (χ2v) is 5.79. The molecule has 1 amide bonds. The molecule has 126 valence electrons. The summed E-state index contributed by atoms with van der Waals surface area (Å²) in [6.07, 6.45) is -0.340. The van der Waals surface area contributed by atoms with E-state index < -0.39 is 24.3 Å². The van der Waals surface area contributed by atoms with E-state index in [0.29, 0.717) is 5.02 Å². The predicted octanol–water partition coefficient (Wildman–Crippen LogP) is 3.53. The average Bonchev–Trinajstić information content (AvgIpc) is 2.54. The molecule has 2 aromatic carbocycles. The van der Waals surface area contributed by atoms with Crippen LogP contribution in [0, 0.1) is 5.82 Å². The van der Waals surface area contributed by atoms with E-state index in [4.69, 9.17) is 27.9 Å². The zero-order valence-electron chi connectivity index (χ0n) is 12.5. The molecular formula is C17H14Cl2FNO3. The number of hydrogen-bond acceptors (Lipinski definition) is 3. The Morgan fingerprint density at radius 3 is 2.58 bits per heavy atom. The first kappa shape index (κ1) is 18.2. The Kier molecular flexibility index (Phi) is 6.58. The largest absolute Gasteiger partial charge is 0.455 e. The lowest BCUT2D eigenvalue weighted by Crippen LogP contribution is -2.28. The lowest BCUT2D eigenvalue weighted by atomic mass is 10.1. The van der Waals surface area contributed by atoms with Gasteiger partial charge >= 0.3 is 5.97 Å². The molecule has 0 aromatic heterocycles. The molecule has 0 unspecified atom stereocenters. The minimum absolute atomic E-state index is 0.0449. The van der Waals surface area contributed by atoms with Gasteiger partial charge in [-0.05, 0) is 29.8 Å². The molecule has 0 atom stereocenters. The smallest absolute Gasteiger partial charge is 0.310 e. The molecule has 0 saturated heterocycles. The Morgan fingerprint density at radius 1 is 1.12 bits per heavy atom. The highest BCUT2D eigenvalue weighted by molar-refractivity contribution is 6.31. The predicted molar refractivity (Wildman–Crippen MR) is 89.4 cm³/mol. The Morgan fingerprint density at radius 2 is 1.88 bits per heavy atom. The van der Waals surface area contributed by atoms with Gasteiger partial charge in [-0.15, -0.1) is 0 Å². The molecule has 0 bridgehead atoms. The van der Waals surface area contributed by atoms with Gasteiger partial charge < -0.3 is 10.1 Å². The number of benzene rings is 2. The summed E-state index contributed by atoms with van der Waals surface area (Å²) in [5.41, 5.74) is 0.865. The summed E-state index contributed by atoms with van der Waals surface area (Å²) >= 11 is 11.7. The molecule has 24 heavy (non-hydrogen) atoms. The van der Waals surface area contributed by atoms with Crippen LogP contribution in [0.5, 0.6) is 0 Å². The molecule has 0 aliphatic carbocycles. The molecule has 7 heteroatoms. The maximum absolute atomic E-state index is 13.6. The van der Waals surface area contributed by atoms with Crippen molar-refractivity contribution in [2.24, 2.45) is 0 Å².